The third kappa shape index (κ3) is 3.58. The molecular weight excluding hydrogens is 715 g/mol. The van der Waals surface area contributed by atoms with Gasteiger partial charge in [0.2, 0.25) is 0 Å². The van der Waals surface area contributed by atoms with E-state index in [0.717, 1.165) is 0 Å². The molecule has 5 heterocycles. The Morgan fingerprint density at radius 3 is 1.75 bits per heavy atom. The Kier molecular flexibility index (Phi) is 5.41. The average Bonchev–Trinajstić information content (AvgIpc) is 4.09. The fourth-order valence-electron chi connectivity index (χ4n) is 11.4. The van der Waals surface area contributed by atoms with Gasteiger partial charge in [0.05, 0.1) is 44.1 Å². The van der Waals surface area contributed by atoms with Crippen LogP contribution in [0.5, 0.6) is 0 Å². The number of benzene rings is 10. The second kappa shape index (κ2) is 10.5. The number of hydrogen-bond acceptors (Lipinski definition) is 0. The maximum Gasteiger partial charge on any atom is 0.0627 e. The lowest BCUT2D eigenvalue weighted by atomic mass is 9.96. The van der Waals surface area contributed by atoms with Gasteiger partial charge in [0.25, 0.3) is 0 Å². The highest BCUT2D eigenvalue weighted by Crippen LogP contribution is 2.50. The maximum absolute atomic E-state index is 2.61. The molecule has 15 aromatic rings. The Labute approximate surface area is 336 Å². The van der Waals surface area contributed by atoms with Gasteiger partial charge in [-0.15, -0.1) is 0 Å². The van der Waals surface area contributed by atoms with Crippen LogP contribution < -0.4 is 0 Å². The molecular formula is C56H31N3. The minimum absolute atomic E-state index is 1.17. The number of hydrogen-bond donors (Lipinski definition) is 0. The monoisotopic (exact) mass is 745 g/mol. The van der Waals surface area contributed by atoms with Gasteiger partial charge in [-0.05, 0) is 81.7 Å². The van der Waals surface area contributed by atoms with Gasteiger partial charge < -0.3 is 13.4 Å². The zero-order valence-corrected chi connectivity index (χ0v) is 31.7. The van der Waals surface area contributed by atoms with Crippen molar-refractivity contribution in [3.8, 4) is 16.8 Å². The van der Waals surface area contributed by atoms with E-state index in [-0.39, 0.29) is 0 Å². The Bertz CT molecular complexity index is 4290. The van der Waals surface area contributed by atoms with E-state index in [4.69, 9.17) is 0 Å². The molecule has 0 atom stereocenters. The molecule has 0 saturated heterocycles. The molecule has 10 aromatic carbocycles. The van der Waals surface area contributed by atoms with Gasteiger partial charge in [-0.25, -0.2) is 0 Å². The molecule has 0 radical (unpaired) electrons. The van der Waals surface area contributed by atoms with Crippen LogP contribution in [-0.4, -0.2) is 13.4 Å². The number of para-hydroxylation sites is 4. The Balaban J connectivity index is 1.11. The van der Waals surface area contributed by atoms with Crippen molar-refractivity contribution in [2.45, 2.75) is 0 Å². The molecule has 270 valence electrons. The molecule has 5 aromatic heterocycles. The first kappa shape index (κ1) is 30.3. The summed E-state index contributed by atoms with van der Waals surface area (Å²) in [5.74, 6) is 0. The van der Waals surface area contributed by atoms with E-state index in [1.165, 1.54) is 136 Å². The minimum atomic E-state index is 1.17. The van der Waals surface area contributed by atoms with Crippen LogP contribution in [0.15, 0.2) is 188 Å². The summed E-state index contributed by atoms with van der Waals surface area (Å²) < 4.78 is 7.55. The largest absolute Gasteiger partial charge is 0.309 e. The van der Waals surface area contributed by atoms with E-state index in [0.29, 0.717) is 0 Å². The lowest BCUT2D eigenvalue weighted by Gasteiger charge is -2.09. The zero-order chi connectivity index (χ0) is 38.1. The van der Waals surface area contributed by atoms with Crippen molar-refractivity contribution >= 4 is 120 Å². The lowest BCUT2D eigenvalue weighted by molar-refractivity contribution is 1.18. The van der Waals surface area contributed by atoms with E-state index in [1.807, 2.05) is 0 Å². The summed E-state index contributed by atoms with van der Waals surface area (Å²) >= 11 is 0. The first-order valence-electron chi connectivity index (χ1n) is 20.5. The normalized spacial score (nSPS) is 12.7. The van der Waals surface area contributed by atoms with E-state index in [9.17, 15) is 0 Å². The molecule has 0 N–H and O–H groups in total. The lowest BCUT2D eigenvalue weighted by Crippen LogP contribution is -1.93. The molecule has 59 heavy (non-hydrogen) atoms. The molecule has 0 saturated carbocycles. The fraction of sp³-hybridized carbons (Fsp3) is 0. The maximum atomic E-state index is 2.61. The van der Waals surface area contributed by atoms with Crippen molar-refractivity contribution in [2.24, 2.45) is 0 Å². The van der Waals surface area contributed by atoms with Crippen molar-refractivity contribution in [3.05, 3.63) is 188 Å². The molecule has 15 rings (SSSR count). The van der Waals surface area contributed by atoms with Gasteiger partial charge in [-0.2, -0.15) is 0 Å². The SMILES string of the molecule is c1ccc(-n2c3ccccc3c3cc(-c4cccc5c6cc7ccccc7c7c8c9c%10cccc%11c%12c%13ccccc%13ccc%12n(c9ccc8n(c45)c67)c%11%10)ccc32)cc1. The number of fused-ring (bicyclic) bond motifs is 20. The van der Waals surface area contributed by atoms with E-state index in [1.54, 1.807) is 0 Å². The van der Waals surface area contributed by atoms with Gasteiger partial charge in [0.1, 0.15) is 0 Å². The highest BCUT2D eigenvalue weighted by atomic mass is 15.0. The summed E-state index contributed by atoms with van der Waals surface area (Å²) in [5, 5.41) is 18.2. The number of nitrogens with zero attached hydrogens (tertiary/aromatic N) is 3. The summed E-state index contributed by atoms with van der Waals surface area (Å²) in [6.45, 7) is 0. The Hall–Kier alpha value is -7.88. The summed E-state index contributed by atoms with van der Waals surface area (Å²) in [4.78, 5) is 0. The van der Waals surface area contributed by atoms with Crippen LogP contribution in [0.1, 0.15) is 0 Å². The van der Waals surface area contributed by atoms with Crippen molar-refractivity contribution in [3.63, 3.8) is 0 Å². The van der Waals surface area contributed by atoms with E-state index in [2.05, 4.69) is 201 Å². The number of aromatic nitrogens is 3. The van der Waals surface area contributed by atoms with Crippen molar-refractivity contribution in [1.29, 1.82) is 0 Å². The summed E-state index contributed by atoms with van der Waals surface area (Å²) in [5.41, 5.74) is 13.7. The van der Waals surface area contributed by atoms with Crippen LogP contribution in [-0.2, 0) is 0 Å². The molecule has 0 fully saturated rings. The molecule has 0 bridgehead atoms. The first-order valence-corrected chi connectivity index (χ1v) is 20.5. The predicted molar refractivity (Wildman–Crippen MR) is 251 cm³/mol. The van der Waals surface area contributed by atoms with E-state index < -0.39 is 0 Å². The van der Waals surface area contributed by atoms with Gasteiger partial charge in [-0.1, -0.05) is 133 Å². The molecule has 0 aliphatic carbocycles. The quantitative estimate of drug-likeness (QED) is 0.167. The minimum Gasteiger partial charge on any atom is -0.309 e. The van der Waals surface area contributed by atoms with Crippen LogP contribution in [0, 0.1) is 0 Å². The summed E-state index contributed by atoms with van der Waals surface area (Å²) in [6.07, 6.45) is 0. The first-order chi connectivity index (χ1) is 29.3. The smallest absolute Gasteiger partial charge is 0.0627 e. The van der Waals surface area contributed by atoms with E-state index >= 15 is 0 Å². The van der Waals surface area contributed by atoms with Gasteiger partial charge in [0, 0.05) is 65.1 Å². The van der Waals surface area contributed by atoms with Crippen LogP contribution in [0.2, 0.25) is 0 Å². The molecule has 0 aliphatic heterocycles. The standard InChI is InChI=1S/C56H31N3/c1-2-14-35(15-3-1)57-45-23-9-8-18-39(45)43-30-34(25-26-46(43)57)38-19-10-20-40-44-31-33-13-5-7-17-37(33)52-53-49(59(54(38)40)56(44)52)29-28-48-51(53)42-22-11-21-41-50-36-16-6-4-12-32(36)24-27-47(50)58(48)55(41)42/h1-31H. The second-order valence-electron chi connectivity index (χ2n) is 16.4. The summed E-state index contributed by atoms with van der Waals surface area (Å²) in [6, 6.07) is 70.2. The third-order valence-corrected chi connectivity index (χ3v) is 13.6. The molecule has 3 nitrogen and oxygen atoms in total. The summed E-state index contributed by atoms with van der Waals surface area (Å²) in [7, 11) is 0. The fourth-order valence-corrected chi connectivity index (χ4v) is 11.4. The molecule has 0 aliphatic rings. The van der Waals surface area contributed by atoms with Crippen molar-refractivity contribution in [2.75, 3.05) is 0 Å². The van der Waals surface area contributed by atoms with Gasteiger partial charge >= 0.3 is 0 Å². The molecule has 0 amide bonds. The molecule has 0 unspecified atom stereocenters. The van der Waals surface area contributed by atoms with Crippen LogP contribution in [0.25, 0.3) is 136 Å². The van der Waals surface area contributed by atoms with Crippen LogP contribution in [0.3, 0.4) is 0 Å². The third-order valence-electron chi connectivity index (χ3n) is 13.6. The Morgan fingerprint density at radius 2 is 0.881 bits per heavy atom. The Morgan fingerprint density at radius 1 is 0.271 bits per heavy atom. The average molecular weight is 746 g/mol. The second-order valence-corrected chi connectivity index (χ2v) is 16.4. The number of rotatable bonds is 2. The van der Waals surface area contributed by atoms with Gasteiger partial charge in [0.15, 0.2) is 0 Å². The topological polar surface area (TPSA) is 13.8 Å². The predicted octanol–water partition coefficient (Wildman–Crippen LogP) is 15.1. The highest BCUT2D eigenvalue weighted by molar-refractivity contribution is 6.40. The molecule has 0 spiro atoms. The zero-order valence-electron chi connectivity index (χ0n) is 31.7. The van der Waals surface area contributed by atoms with Gasteiger partial charge in [-0.3, -0.25) is 0 Å². The van der Waals surface area contributed by atoms with Crippen LogP contribution in [0.4, 0.5) is 0 Å². The highest BCUT2D eigenvalue weighted by Gasteiger charge is 2.27. The van der Waals surface area contributed by atoms with Crippen molar-refractivity contribution in [1.82, 2.24) is 13.4 Å². The van der Waals surface area contributed by atoms with Crippen molar-refractivity contribution < 1.29 is 0 Å². The molecule has 3 heteroatoms. The van der Waals surface area contributed by atoms with Crippen LogP contribution >= 0.6 is 0 Å².